The molecule has 0 aliphatic carbocycles. The molecule has 8 nitrogen and oxygen atoms in total. The van der Waals surface area contributed by atoms with E-state index >= 15 is 0 Å². The third-order valence-corrected chi connectivity index (χ3v) is 3.93. The van der Waals surface area contributed by atoms with Crippen molar-refractivity contribution < 1.29 is 9.21 Å². The van der Waals surface area contributed by atoms with E-state index in [1.54, 1.807) is 18.3 Å². The third-order valence-electron chi connectivity index (χ3n) is 3.93. The standard InChI is InChI=1S/C20H16N6O2/c1-12(27)23-15-9-5-8-14(10-15)16-11-22-18(21)17(24-16)20-26-25-19(28-20)13-6-3-2-4-7-13/h2-11H,1H3,(H2,21,22)(H,23,27). The summed E-state index contributed by atoms with van der Waals surface area (Å²) in [4.78, 5) is 20.0. The highest BCUT2D eigenvalue weighted by Gasteiger charge is 2.16. The van der Waals surface area contributed by atoms with Gasteiger partial charge in [0.2, 0.25) is 11.8 Å². The molecule has 0 unspecified atom stereocenters. The molecule has 0 spiro atoms. The van der Waals surface area contributed by atoms with Gasteiger partial charge in [0.1, 0.15) is 0 Å². The van der Waals surface area contributed by atoms with Gasteiger partial charge in [-0.3, -0.25) is 4.79 Å². The average Bonchev–Trinajstić information content (AvgIpc) is 3.19. The van der Waals surface area contributed by atoms with Crippen LogP contribution in [0.5, 0.6) is 0 Å². The Labute approximate surface area is 160 Å². The Morgan fingerprint density at radius 3 is 2.54 bits per heavy atom. The zero-order chi connectivity index (χ0) is 19.5. The lowest BCUT2D eigenvalue weighted by molar-refractivity contribution is -0.114. The van der Waals surface area contributed by atoms with Crippen molar-refractivity contribution in [2.24, 2.45) is 0 Å². The quantitative estimate of drug-likeness (QED) is 0.563. The number of nitrogens with two attached hydrogens (primary N) is 1. The van der Waals surface area contributed by atoms with Crippen LogP contribution in [0.3, 0.4) is 0 Å². The van der Waals surface area contributed by atoms with E-state index in [0.717, 1.165) is 11.1 Å². The van der Waals surface area contributed by atoms with Crippen molar-refractivity contribution in [2.75, 3.05) is 11.1 Å². The van der Waals surface area contributed by atoms with Gasteiger partial charge in [-0.2, -0.15) is 0 Å². The van der Waals surface area contributed by atoms with E-state index in [1.165, 1.54) is 6.92 Å². The first-order chi connectivity index (χ1) is 13.6. The third kappa shape index (κ3) is 3.56. The van der Waals surface area contributed by atoms with Crippen molar-refractivity contribution >= 4 is 17.4 Å². The number of carbonyl (C=O) groups is 1. The maximum Gasteiger partial charge on any atom is 0.270 e. The van der Waals surface area contributed by atoms with Crippen molar-refractivity contribution in [1.29, 1.82) is 0 Å². The fourth-order valence-corrected chi connectivity index (χ4v) is 2.67. The van der Waals surface area contributed by atoms with Gasteiger partial charge < -0.3 is 15.5 Å². The second kappa shape index (κ2) is 7.28. The molecule has 0 saturated carbocycles. The van der Waals surface area contributed by atoms with Crippen LogP contribution in [0.2, 0.25) is 0 Å². The zero-order valence-electron chi connectivity index (χ0n) is 15.0. The fraction of sp³-hybridized carbons (Fsp3) is 0.0500. The van der Waals surface area contributed by atoms with Crippen LogP contribution >= 0.6 is 0 Å². The number of anilines is 2. The van der Waals surface area contributed by atoms with Crippen molar-refractivity contribution in [3.05, 3.63) is 60.8 Å². The summed E-state index contributed by atoms with van der Waals surface area (Å²) in [6.07, 6.45) is 1.56. The number of rotatable bonds is 4. The molecule has 0 atom stereocenters. The lowest BCUT2D eigenvalue weighted by Gasteiger charge is -2.07. The molecule has 2 heterocycles. The zero-order valence-corrected chi connectivity index (χ0v) is 15.0. The Hall–Kier alpha value is -4.07. The summed E-state index contributed by atoms with van der Waals surface area (Å²) in [6, 6.07) is 16.7. The maximum absolute atomic E-state index is 11.3. The highest BCUT2D eigenvalue weighted by Crippen LogP contribution is 2.28. The molecule has 0 aliphatic heterocycles. The molecule has 4 aromatic rings. The maximum atomic E-state index is 11.3. The van der Waals surface area contributed by atoms with Crippen LogP contribution in [0.25, 0.3) is 34.3 Å². The van der Waals surface area contributed by atoms with Crippen molar-refractivity contribution in [3.63, 3.8) is 0 Å². The van der Waals surface area contributed by atoms with Gasteiger partial charge in [-0.05, 0) is 24.3 Å². The van der Waals surface area contributed by atoms with Crippen LogP contribution in [0.15, 0.2) is 65.2 Å². The molecular weight excluding hydrogens is 356 g/mol. The Kier molecular flexibility index (Phi) is 4.51. The molecule has 8 heteroatoms. The molecule has 2 aromatic carbocycles. The molecule has 0 saturated heterocycles. The summed E-state index contributed by atoms with van der Waals surface area (Å²) in [7, 11) is 0. The molecule has 4 rings (SSSR count). The largest absolute Gasteiger partial charge is 0.414 e. The Balaban J connectivity index is 1.71. The van der Waals surface area contributed by atoms with E-state index in [0.29, 0.717) is 23.0 Å². The molecule has 0 bridgehead atoms. The minimum absolute atomic E-state index is 0.152. The van der Waals surface area contributed by atoms with Gasteiger partial charge in [0.25, 0.3) is 5.89 Å². The van der Waals surface area contributed by atoms with Gasteiger partial charge >= 0.3 is 0 Å². The number of nitrogen functional groups attached to an aromatic ring is 1. The molecular formula is C20H16N6O2. The van der Waals surface area contributed by atoms with E-state index in [-0.39, 0.29) is 17.6 Å². The number of nitrogens with zero attached hydrogens (tertiary/aromatic N) is 4. The topological polar surface area (TPSA) is 120 Å². The van der Waals surface area contributed by atoms with E-state index < -0.39 is 0 Å². The van der Waals surface area contributed by atoms with Crippen molar-refractivity contribution in [2.45, 2.75) is 6.92 Å². The van der Waals surface area contributed by atoms with Gasteiger partial charge in [-0.15, -0.1) is 10.2 Å². The SMILES string of the molecule is CC(=O)Nc1cccc(-c2cnc(N)c(-c3nnc(-c4ccccc4)o3)n2)c1. The lowest BCUT2D eigenvalue weighted by Crippen LogP contribution is -2.05. The van der Waals surface area contributed by atoms with Crippen molar-refractivity contribution in [3.8, 4) is 34.3 Å². The number of benzene rings is 2. The summed E-state index contributed by atoms with van der Waals surface area (Å²) in [5, 5.41) is 10.9. The molecule has 1 amide bonds. The summed E-state index contributed by atoms with van der Waals surface area (Å²) in [5.41, 5.74) is 9.08. The van der Waals surface area contributed by atoms with Gasteiger partial charge in [0, 0.05) is 23.7 Å². The normalized spacial score (nSPS) is 10.6. The predicted octanol–water partition coefficient (Wildman–Crippen LogP) is 3.40. The molecule has 3 N–H and O–H groups in total. The first kappa shape index (κ1) is 17.3. The monoisotopic (exact) mass is 372 g/mol. The van der Waals surface area contributed by atoms with Gasteiger partial charge in [-0.25, -0.2) is 9.97 Å². The number of nitrogens with one attached hydrogen (secondary N) is 1. The van der Waals surface area contributed by atoms with Crippen LogP contribution < -0.4 is 11.1 Å². The Bertz CT molecular complexity index is 1140. The summed E-state index contributed by atoms with van der Waals surface area (Å²) >= 11 is 0. The Morgan fingerprint density at radius 2 is 1.75 bits per heavy atom. The number of hydrogen-bond donors (Lipinski definition) is 2. The highest BCUT2D eigenvalue weighted by molar-refractivity contribution is 5.89. The van der Waals surface area contributed by atoms with E-state index in [4.69, 9.17) is 10.2 Å². The first-order valence-electron chi connectivity index (χ1n) is 8.50. The second-order valence-corrected chi connectivity index (χ2v) is 6.03. The summed E-state index contributed by atoms with van der Waals surface area (Å²) < 4.78 is 5.74. The molecule has 0 aliphatic rings. The van der Waals surface area contributed by atoms with E-state index in [1.807, 2.05) is 42.5 Å². The number of hydrogen-bond acceptors (Lipinski definition) is 7. The number of carbonyl (C=O) groups excluding carboxylic acids is 1. The van der Waals surface area contributed by atoms with Crippen LogP contribution in [0, 0.1) is 0 Å². The number of aromatic nitrogens is 4. The van der Waals surface area contributed by atoms with Gasteiger partial charge in [0.05, 0.1) is 11.9 Å². The Morgan fingerprint density at radius 1 is 1.00 bits per heavy atom. The van der Waals surface area contributed by atoms with E-state index in [9.17, 15) is 4.79 Å². The van der Waals surface area contributed by atoms with Crippen LogP contribution in [0.1, 0.15) is 6.92 Å². The molecule has 138 valence electrons. The van der Waals surface area contributed by atoms with Crippen LogP contribution in [0.4, 0.5) is 11.5 Å². The predicted molar refractivity (Wildman–Crippen MR) is 105 cm³/mol. The average molecular weight is 372 g/mol. The van der Waals surface area contributed by atoms with Crippen LogP contribution in [-0.4, -0.2) is 26.1 Å². The van der Waals surface area contributed by atoms with Crippen LogP contribution in [-0.2, 0) is 4.79 Å². The minimum Gasteiger partial charge on any atom is -0.414 e. The second-order valence-electron chi connectivity index (χ2n) is 6.03. The summed E-state index contributed by atoms with van der Waals surface area (Å²) in [5.74, 6) is 0.587. The highest BCUT2D eigenvalue weighted by atomic mass is 16.4. The van der Waals surface area contributed by atoms with E-state index in [2.05, 4.69) is 25.5 Å². The minimum atomic E-state index is -0.152. The lowest BCUT2D eigenvalue weighted by atomic mass is 10.1. The summed E-state index contributed by atoms with van der Waals surface area (Å²) in [6.45, 7) is 1.45. The molecule has 2 aromatic heterocycles. The van der Waals surface area contributed by atoms with Crippen molar-refractivity contribution in [1.82, 2.24) is 20.2 Å². The molecule has 0 radical (unpaired) electrons. The van der Waals surface area contributed by atoms with Gasteiger partial charge in [-0.1, -0.05) is 30.3 Å². The molecule has 28 heavy (non-hydrogen) atoms. The molecule has 0 fully saturated rings. The number of amides is 1. The fourth-order valence-electron chi connectivity index (χ4n) is 2.67. The first-order valence-corrected chi connectivity index (χ1v) is 8.50. The smallest absolute Gasteiger partial charge is 0.270 e. The van der Waals surface area contributed by atoms with Gasteiger partial charge in [0.15, 0.2) is 11.5 Å².